The number of benzene rings is 1. The third kappa shape index (κ3) is 4.73. The normalized spacial score (nSPS) is 18.5. The summed E-state index contributed by atoms with van der Waals surface area (Å²) in [5.74, 6) is -0.115. The van der Waals surface area contributed by atoms with Crippen LogP contribution in [0.4, 0.5) is 0 Å². The van der Waals surface area contributed by atoms with Crippen LogP contribution < -0.4 is 5.32 Å². The van der Waals surface area contributed by atoms with Gasteiger partial charge in [-0.2, -0.15) is 4.31 Å². The zero-order valence-electron chi connectivity index (χ0n) is 18.2. The third-order valence-corrected chi connectivity index (χ3v) is 8.11. The van der Waals surface area contributed by atoms with E-state index in [-0.39, 0.29) is 22.8 Å². The number of piperidine rings is 2. The van der Waals surface area contributed by atoms with E-state index in [1.807, 2.05) is 6.92 Å². The number of carbonyl (C=O) groups is 2. The van der Waals surface area contributed by atoms with Crippen LogP contribution in [-0.4, -0.2) is 61.7 Å². The Morgan fingerprint density at radius 1 is 1.03 bits per heavy atom. The summed E-state index contributed by atoms with van der Waals surface area (Å²) in [7, 11) is -3.59. The van der Waals surface area contributed by atoms with Crippen LogP contribution in [0.25, 0.3) is 0 Å². The summed E-state index contributed by atoms with van der Waals surface area (Å²) in [4.78, 5) is 27.3. The van der Waals surface area contributed by atoms with Gasteiger partial charge in [-0.3, -0.25) is 9.59 Å². The monoisotopic (exact) mass is 459 g/mol. The van der Waals surface area contributed by atoms with Crippen molar-refractivity contribution in [2.45, 2.75) is 50.0 Å². The number of nitrogens with one attached hydrogen (secondary N) is 1. The van der Waals surface area contributed by atoms with E-state index in [9.17, 15) is 18.0 Å². The molecule has 2 aromatic rings. The standard InChI is InChI=1S/C23H29N3O5S/c1-17-10-15-31-21(17)22(27)24-19-8-13-25(14-9-19)23(28)18-6-5-7-20(16-18)32(29,30)26-11-3-2-4-12-26/h5-7,10,15-16,19H,2-4,8-9,11-14H2,1H3,(H,24,27). The molecule has 0 spiro atoms. The predicted molar refractivity (Wildman–Crippen MR) is 119 cm³/mol. The number of rotatable bonds is 5. The number of amides is 2. The van der Waals surface area contributed by atoms with E-state index in [1.54, 1.807) is 29.2 Å². The molecule has 32 heavy (non-hydrogen) atoms. The van der Waals surface area contributed by atoms with E-state index in [2.05, 4.69) is 5.32 Å². The van der Waals surface area contributed by atoms with Crippen LogP contribution in [0.3, 0.4) is 0 Å². The molecule has 0 atom stereocenters. The maximum atomic E-state index is 13.0. The molecule has 1 aromatic carbocycles. The SMILES string of the molecule is Cc1ccoc1C(=O)NC1CCN(C(=O)c2cccc(S(=O)(=O)N3CCCCC3)c2)CC1. The lowest BCUT2D eigenvalue weighted by molar-refractivity contribution is 0.0695. The van der Waals surface area contributed by atoms with Gasteiger partial charge >= 0.3 is 0 Å². The number of aryl methyl sites for hydroxylation is 1. The lowest BCUT2D eigenvalue weighted by Gasteiger charge is -2.32. The van der Waals surface area contributed by atoms with Gasteiger partial charge in [0.25, 0.3) is 11.8 Å². The first-order valence-corrected chi connectivity index (χ1v) is 12.5. The molecule has 2 aliphatic heterocycles. The van der Waals surface area contributed by atoms with Crippen LogP contribution in [0.5, 0.6) is 0 Å². The molecule has 0 unspecified atom stereocenters. The zero-order valence-corrected chi connectivity index (χ0v) is 19.1. The van der Waals surface area contributed by atoms with Gasteiger partial charge in [0.1, 0.15) is 0 Å². The molecule has 2 aliphatic rings. The van der Waals surface area contributed by atoms with Crippen LogP contribution in [0, 0.1) is 6.92 Å². The molecule has 1 aromatic heterocycles. The number of likely N-dealkylation sites (tertiary alicyclic amines) is 1. The van der Waals surface area contributed by atoms with Crippen molar-refractivity contribution >= 4 is 21.8 Å². The summed E-state index contributed by atoms with van der Waals surface area (Å²) in [6.45, 7) is 3.85. The van der Waals surface area contributed by atoms with E-state index in [0.717, 1.165) is 24.8 Å². The number of sulfonamides is 1. The van der Waals surface area contributed by atoms with Gasteiger partial charge in [0.2, 0.25) is 10.0 Å². The van der Waals surface area contributed by atoms with Gasteiger partial charge in [-0.1, -0.05) is 12.5 Å². The second-order valence-corrected chi connectivity index (χ2v) is 10.4. The molecule has 0 radical (unpaired) electrons. The minimum atomic E-state index is -3.59. The highest BCUT2D eigenvalue weighted by atomic mass is 32.2. The zero-order chi connectivity index (χ0) is 22.7. The summed E-state index contributed by atoms with van der Waals surface area (Å²) < 4.78 is 32.7. The Bertz CT molecular complexity index is 1080. The fourth-order valence-electron chi connectivity index (χ4n) is 4.31. The summed E-state index contributed by atoms with van der Waals surface area (Å²) in [5, 5.41) is 2.97. The van der Waals surface area contributed by atoms with Crippen LogP contribution in [0.15, 0.2) is 45.9 Å². The molecule has 8 nitrogen and oxygen atoms in total. The molecule has 0 saturated carbocycles. The first-order chi connectivity index (χ1) is 15.4. The number of hydrogen-bond acceptors (Lipinski definition) is 5. The molecular weight excluding hydrogens is 430 g/mol. The Labute approximate surface area is 188 Å². The fraction of sp³-hybridized carbons (Fsp3) is 0.478. The Morgan fingerprint density at radius 3 is 2.41 bits per heavy atom. The molecule has 9 heteroatoms. The van der Waals surface area contributed by atoms with E-state index < -0.39 is 10.0 Å². The average Bonchev–Trinajstić information content (AvgIpc) is 3.26. The lowest BCUT2D eigenvalue weighted by Crippen LogP contribution is -2.46. The van der Waals surface area contributed by atoms with Crippen molar-refractivity contribution < 1.29 is 22.4 Å². The Hall–Kier alpha value is -2.65. The van der Waals surface area contributed by atoms with Crippen molar-refractivity contribution in [2.75, 3.05) is 26.2 Å². The van der Waals surface area contributed by atoms with Crippen LogP contribution >= 0.6 is 0 Å². The van der Waals surface area contributed by atoms with Crippen LogP contribution in [0.1, 0.15) is 58.6 Å². The van der Waals surface area contributed by atoms with Gasteiger partial charge in [-0.05, 0) is 56.9 Å². The summed E-state index contributed by atoms with van der Waals surface area (Å²) in [6.07, 6.45) is 5.52. The van der Waals surface area contributed by atoms with Crippen molar-refractivity contribution in [3.05, 3.63) is 53.5 Å². The average molecular weight is 460 g/mol. The van der Waals surface area contributed by atoms with Crippen molar-refractivity contribution in [1.82, 2.24) is 14.5 Å². The van der Waals surface area contributed by atoms with E-state index in [1.165, 1.54) is 16.6 Å². The predicted octanol–water partition coefficient (Wildman–Crippen LogP) is 2.80. The van der Waals surface area contributed by atoms with E-state index in [0.29, 0.717) is 50.3 Å². The highest BCUT2D eigenvalue weighted by molar-refractivity contribution is 7.89. The molecule has 4 rings (SSSR count). The van der Waals surface area contributed by atoms with Gasteiger partial charge in [0.15, 0.2) is 5.76 Å². The van der Waals surface area contributed by atoms with Gasteiger partial charge in [0, 0.05) is 43.3 Å². The maximum absolute atomic E-state index is 13.0. The highest BCUT2D eigenvalue weighted by Gasteiger charge is 2.29. The van der Waals surface area contributed by atoms with Crippen molar-refractivity contribution in [2.24, 2.45) is 0 Å². The second-order valence-electron chi connectivity index (χ2n) is 8.47. The van der Waals surface area contributed by atoms with E-state index >= 15 is 0 Å². The summed E-state index contributed by atoms with van der Waals surface area (Å²) >= 11 is 0. The molecule has 1 N–H and O–H groups in total. The van der Waals surface area contributed by atoms with E-state index in [4.69, 9.17) is 4.42 Å². The molecule has 2 fully saturated rings. The van der Waals surface area contributed by atoms with Gasteiger partial charge < -0.3 is 14.6 Å². The van der Waals surface area contributed by atoms with Gasteiger partial charge in [0.05, 0.1) is 11.2 Å². The van der Waals surface area contributed by atoms with Gasteiger partial charge in [-0.15, -0.1) is 0 Å². The molecular formula is C23H29N3O5S. The highest BCUT2D eigenvalue weighted by Crippen LogP contribution is 2.23. The Kier molecular flexibility index (Phi) is 6.66. The second kappa shape index (κ2) is 9.46. The molecule has 0 aliphatic carbocycles. The van der Waals surface area contributed by atoms with Crippen molar-refractivity contribution in [3.8, 4) is 0 Å². The summed E-state index contributed by atoms with van der Waals surface area (Å²) in [6, 6.07) is 8.03. The lowest BCUT2D eigenvalue weighted by atomic mass is 10.0. The number of nitrogens with zero attached hydrogens (tertiary/aromatic N) is 2. The maximum Gasteiger partial charge on any atom is 0.287 e. The van der Waals surface area contributed by atoms with Gasteiger partial charge in [-0.25, -0.2) is 8.42 Å². The molecule has 172 valence electrons. The smallest absolute Gasteiger partial charge is 0.287 e. The molecule has 2 saturated heterocycles. The fourth-order valence-corrected chi connectivity index (χ4v) is 5.87. The Balaban J connectivity index is 1.38. The quantitative estimate of drug-likeness (QED) is 0.741. The first kappa shape index (κ1) is 22.5. The molecule has 3 heterocycles. The summed E-state index contributed by atoms with van der Waals surface area (Å²) in [5.41, 5.74) is 1.16. The molecule has 0 bridgehead atoms. The van der Waals surface area contributed by atoms with Crippen LogP contribution in [-0.2, 0) is 10.0 Å². The minimum Gasteiger partial charge on any atom is -0.459 e. The number of furan rings is 1. The Morgan fingerprint density at radius 2 is 1.75 bits per heavy atom. The van der Waals surface area contributed by atoms with Crippen LogP contribution in [0.2, 0.25) is 0 Å². The third-order valence-electron chi connectivity index (χ3n) is 6.22. The van der Waals surface area contributed by atoms with Crippen molar-refractivity contribution in [3.63, 3.8) is 0 Å². The number of carbonyl (C=O) groups excluding carboxylic acids is 2. The minimum absolute atomic E-state index is 0.0399. The number of hydrogen-bond donors (Lipinski definition) is 1. The topological polar surface area (TPSA) is 99.9 Å². The largest absolute Gasteiger partial charge is 0.459 e. The molecule has 2 amide bonds. The van der Waals surface area contributed by atoms with Crippen molar-refractivity contribution in [1.29, 1.82) is 0 Å². The first-order valence-electron chi connectivity index (χ1n) is 11.1.